The third kappa shape index (κ3) is 40.5. The van der Waals surface area contributed by atoms with Crippen molar-refractivity contribution in [1.82, 2.24) is 10.9 Å². The lowest BCUT2D eigenvalue weighted by Gasteiger charge is -2.29. The first-order valence-corrected chi connectivity index (χ1v) is 12.6. The maximum atomic E-state index is 8.70. The molecule has 0 bridgehead atoms. The average molecular weight is 475 g/mol. The molecule has 0 amide bonds. The largest absolute Gasteiger partial charge is 0.759 e. The van der Waals surface area contributed by atoms with Crippen LogP contribution in [0.2, 0.25) is 0 Å². The van der Waals surface area contributed by atoms with E-state index >= 15 is 0 Å². The molecular formula is C20H50N4O6S. The van der Waals surface area contributed by atoms with E-state index in [2.05, 4.69) is 52.9 Å². The zero-order valence-electron chi connectivity index (χ0n) is 20.7. The molecule has 0 aliphatic rings. The minimum Gasteiger partial charge on any atom is -0.759 e. The van der Waals surface area contributed by atoms with Crippen molar-refractivity contribution in [2.24, 2.45) is 0 Å². The minimum absolute atomic E-state index is 0.290. The van der Waals surface area contributed by atoms with Crippen molar-refractivity contribution in [3.8, 4) is 0 Å². The van der Waals surface area contributed by atoms with Gasteiger partial charge in [0.1, 0.15) is 0 Å². The summed E-state index contributed by atoms with van der Waals surface area (Å²) < 4.78 is 35.7. The van der Waals surface area contributed by atoms with E-state index in [0.717, 1.165) is 48.2 Å². The fraction of sp³-hybridized carbons (Fsp3) is 1.00. The standard InChI is InChI=1S/2C10H25N2O.H2O4S/c2*1-4-5-6-8-11-12(2,3)9-7-10-13;1-5(2,3)4/h2*11,13H,4-10H2,1-3H3;(H2,1,2,3,4)/q2*+1;/p-2. The SMILES string of the molecule is CCCCCN[N+](C)(C)CCCO.CCCCCN[N+](C)(C)CCCO.O=S(=O)([O-])[O-]. The normalized spacial score (nSPS) is 11.9. The van der Waals surface area contributed by atoms with E-state index < -0.39 is 10.4 Å². The van der Waals surface area contributed by atoms with Crippen LogP contribution in [-0.4, -0.2) is 105 Å². The van der Waals surface area contributed by atoms with Crippen molar-refractivity contribution in [3.05, 3.63) is 0 Å². The predicted octanol–water partition coefficient (Wildman–Crippen LogP) is 0.942. The minimum atomic E-state index is -5.17. The number of aliphatic hydroxyl groups excluding tert-OH is 2. The highest BCUT2D eigenvalue weighted by atomic mass is 32.3. The van der Waals surface area contributed by atoms with Gasteiger partial charge >= 0.3 is 0 Å². The van der Waals surface area contributed by atoms with Crippen LogP contribution in [-0.2, 0) is 10.4 Å². The molecule has 0 atom stereocenters. The summed E-state index contributed by atoms with van der Waals surface area (Å²) in [5.41, 5.74) is 6.91. The first kappa shape index (κ1) is 35.2. The van der Waals surface area contributed by atoms with Gasteiger partial charge in [0.25, 0.3) is 0 Å². The van der Waals surface area contributed by atoms with Crippen LogP contribution in [0.25, 0.3) is 0 Å². The number of unbranched alkanes of at least 4 members (excludes halogenated alkanes) is 4. The van der Waals surface area contributed by atoms with Crippen LogP contribution in [0.1, 0.15) is 65.2 Å². The van der Waals surface area contributed by atoms with Gasteiger partial charge in [-0.15, -0.1) is 0 Å². The van der Waals surface area contributed by atoms with Crippen LogP contribution >= 0.6 is 0 Å². The van der Waals surface area contributed by atoms with Crippen LogP contribution in [0.4, 0.5) is 0 Å². The van der Waals surface area contributed by atoms with E-state index in [1.165, 1.54) is 38.5 Å². The van der Waals surface area contributed by atoms with Crippen LogP contribution in [0, 0.1) is 0 Å². The third-order valence-electron chi connectivity index (χ3n) is 4.39. The molecule has 192 valence electrons. The van der Waals surface area contributed by atoms with E-state index in [1.807, 2.05) is 0 Å². The Balaban J connectivity index is -0.000000416. The van der Waals surface area contributed by atoms with Gasteiger partial charge in [0.2, 0.25) is 0 Å². The molecule has 0 aromatic heterocycles. The highest BCUT2D eigenvalue weighted by molar-refractivity contribution is 7.79. The highest BCUT2D eigenvalue weighted by Gasteiger charge is 2.13. The van der Waals surface area contributed by atoms with Crippen molar-refractivity contribution in [3.63, 3.8) is 0 Å². The molecule has 0 aliphatic carbocycles. The van der Waals surface area contributed by atoms with Gasteiger partial charge in [-0.05, 0) is 12.8 Å². The summed E-state index contributed by atoms with van der Waals surface area (Å²) in [4.78, 5) is 0. The Hall–Kier alpha value is -0.370. The fourth-order valence-corrected chi connectivity index (χ4v) is 2.60. The molecule has 0 aromatic rings. The van der Waals surface area contributed by atoms with Gasteiger partial charge < -0.3 is 19.3 Å². The Kier molecular flexibility index (Phi) is 24.4. The Morgan fingerprint density at radius 2 is 0.968 bits per heavy atom. The lowest BCUT2D eigenvalue weighted by molar-refractivity contribution is -0.934. The molecule has 0 unspecified atom stereocenters. The van der Waals surface area contributed by atoms with Crippen LogP contribution in [0.15, 0.2) is 0 Å². The van der Waals surface area contributed by atoms with E-state index in [4.69, 9.17) is 27.7 Å². The number of hydrogen-bond donors (Lipinski definition) is 4. The lowest BCUT2D eigenvalue weighted by atomic mass is 10.2. The molecule has 0 aromatic carbocycles. The topological polar surface area (TPSA) is 145 Å². The quantitative estimate of drug-likeness (QED) is 0.0850. The molecule has 0 saturated carbocycles. The second-order valence-corrected chi connectivity index (χ2v) is 9.43. The lowest BCUT2D eigenvalue weighted by Crippen LogP contribution is -2.52. The molecule has 31 heavy (non-hydrogen) atoms. The molecular weight excluding hydrogens is 424 g/mol. The number of quaternary nitrogens is 2. The monoisotopic (exact) mass is 474 g/mol. The smallest absolute Gasteiger partial charge is 0.0980 e. The molecule has 0 radical (unpaired) electrons. The Labute approximate surface area is 191 Å². The van der Waals surface area contributed by atoms with Gasteiger partial charge in [-0.2, -0.15) is 10.9 Å². The molecule has 0 spiro atoms. The average Bonchev–Trinajstić information content (AvgIpc) is 2.65. The molecule has 0 saturated heterocycles. The van der Waals surface area contributed by atoms with Crippen molar-refractivity contribution < 1.29 is 36.9 Å². The predicted molar refractivity (Wildman–Crippen MR) is 123 cm³/mol. The first-order valence-electron chi connectivity index (χ1n) is 11.3. The summed E-state index contributed by atoms with van der Waals surface area (Å²) in [6.07, 6.45) is 9.37. The second kappa shape index (κ2) is 21.5. The number of aliphatic hydroxyl groups is 2. The van der Waals surface area contributed by atoms with Crippen molar-refractivity contribution in [1.29, 1.82) is 0 Å². The van der Waals surface area contributed by atoms with E-state index in [0.29, 0.717) is 13.2 Å². The number of nitrogens with zero attached hydrogens (tertiary/aromatic N) is 2. The Morgan fingerprint density at radius 1 is 0.677 bits per heavy atom. The van der Waals surface area contributed by atoms with Gasteiger partial charge in [-0.1, -0.05) is 39.5 Å². The number of rotatable bonds is 16. The maximum Gasteiger partial charge on any atom is 0.0980 e. The van der Waals surface area contributed by atoms with Crippen molar-refractivity contribution >= 4 is 10.4 Å². The van der Waals surface area contributed by atoms with Crippen LogP contribution in [0.3, 0.4) is 0 Å². The molecule has 0 rings (SSSR count). The molecule has 4 N–H and O–H groups in total. The molecule has 0 aliphatic heterocycles. The summed E-state index contributed by atoms with van der Waals surface area (Å²) in [5.74, 6) is 0. The summed E-state index contributed by atoms with van der Waals surface area (Å²) in [6, 6.07) is 0. The molecule has 0 heterocycles. The van der Waals surface area contributed by atoms with Gasteiger partial charge in [0, 0.05) is 49.5 Å². The summed E-state index contributed by atoms with van der Waals surface area (Å²) in [5, 5.41) is 17.4. The van der Waals surface area contributed by atoms with Gasteiger partial charge in [-0.3, -0.25) is 17.6 Å². The Morgan fingerprint density at radius 3 is 1.19 bits per heavy atom. The Bertz CT molecular complexity index is 440. The number of hydrogen-bond acceptors (Lipinski definition) is 8. The second-order valence-electron chi connectivity index (χ2n) is 8.61. The summed E-state index contributed by atoms with van der Waals surface area (Å²) >= 11 is 0. The van der Waals surface area contributed by atoms with Crippen LogP contribution < -0.4 is 10.9 Å². The molecule has 0 fully saturated rings. The maximum absolute atomic E-state index is 8.70. The summed E-state index contributed by atoms with van der Waals surface area (Å²) in [6.45, 7) is 9.14. The molecule has 11 heteroatoms. The van der Waals surface area contributed by atoms with Gasteiger partial charge in [0.05, 0.1) is 41.3 Å². The highest BCUT2D eigenvalue weighted by Crippen LogP contribution is 1.97. The van der Waals surface area contributed by atoms with Gasteiger partial charge in [0.15, 0.2) is 0 Å². The zero-order valence-corrected chi connectivity index (χ0v) is 21.5. The van der Waals surface area contributed by atoms with Crippen molar-refractivity contribution in [2.75, 3.05) is 67.6 Å². The van der Waals surface area contributed by atoms with Crippen LogP contribution in [0.5, 0.6) is 0 Å². The molecule has 10 nitrogen and oxygen atoms in total. The summed E-state index contributed by atoms with van der Waals surface area (Å²) in [7, 11) is 3.40. The van der Waals surface area contributed by atoms with E-state index in [9.17, 15) is 0 Å². The first-order chi connectivity index (χ1) is 14.2. The fourth-order valence-electron chi connectivity index (χ4n) is 2.60. The van der Waals surface area contributed by atoms with Crippen molar-refractivity contribution in [2.45, 2.75) is 65.2 Å². The number of nitrogens with one attached hydrogen (secondary N) is 2. The van der Waals surface area contributed by atoms with E-state index in [1.54, 1.807) is 0 Å². The van der Waals surface area contributed by atoms with Gasteiger partial charge in [-0.25, -0.2) is 0 Å². The van der Waals surface area contributed by atoms with E-state index in [-0.39, 0.29) is 0 Å². The third-order valence-corrected chi connectivity index (χ3v) is 4.39. The zero-order chi connectivity index (χ0) is 24.8.